The number of benzene rings is 1. The predicted octanol–water partition coefficient (Wildman–Crippen LogP) is 2.85. The molecule has 1 aromatic carbocycles. The van der Waals surface area contributed by atoms with E-state index in [-0.39, 0.29) is 12.6 Å². The van der Waals surface area contributed by atoms with Gasteiger partial charge < -0.3 is 4.74 Å². The lowest BCUT2D eigenvalue weighted by Gasteiger charge is -1.98. The van der Waals surface area contributed by atoms with Gasteiger partial charge in [0.15, 0.2) is 10.9 Å². The minimum atomic E-state index is -0.342. The van der Waals surface area contributed by atoms with E-state index in [0.717, 1.165) is 14.6 Å². The molecule has 0 aliphatic rings. The molecule has 0 saturated carbocycles. The van der Waals surface area contributed by atoms with Crippen LogP contribution >= 0.6 is 23.1 Å². The predicted molar refractivity (Wildman–Crippen MR) is 71.5 cm³/mol. The average Bonchev–Trinajstić information content (AvgIpc) is 2.79. The van der Waals surface area contributed by atoms with E-state index in [4.69, 9.17) is 5.26 Å². The highest BCUT2D eigenvalue weighted by Gasteiger charge is 2.06. The third-order valence-corrected chi connectivity index (χ3v) is 4.28. The van der Waals surface area contributed by atoms with Gasteiger partial charge in [0.05, 0.1) is 16.6 Å². The van der Waals surface area contributed by atoms with E-state index in [1.54, 1.807) is 17.4 Å². The van der Waals surface area contributed by atoms with Crippen LogP contribution in [-0.2, 0) is 9.53 Å². The van der Waals surface area contributed by atoms with Crippen LogP contribution in [-0.4, -0.2) is 23.3 Å². The summed E-state index contributed by atoms with van der Waals surface area (Å²) in [6.07, 6.45) is 0.294. The molecule has 0 unspecified atom stereocenters. The number of hydrogen-bond donors (Lipinski definition) is 0. The Bertz CT molecular complexity index is 556. The molecule has 0 radical (unpaired) electrons. The van der Waals surface area contributed by atoms with Crippen molar-refractivity contribution in [1.29, 1.82) is 5.26 Å². The molecule has 2 aromatic rings. The number of hydrogen-bond acceptors (Lipinski definition) is 6. The average molecular weight is 278 g/mol. The molecule has 0 bridgehead atoms. The van der Waals surface area contributed by atoms with Crippen molar-refractivity contribution in [3.05, 3.63) is 24.3 Å². The molecule has 0 aliphatic carbocycles. The van der Waals surface area contributed by atoms with E-state index in [9.17, 15) is 4.79 Å². The van der Waals surface area contributed by atoms with E-state index < -0.39 is 0 Å². The van der Waals surface area contributed by atoms with Crippen molar-refractivity contribution in [2.45, 2.75) is 10.8 Å². The minimum Gasteiger partial charge on any atom is -0.450 e. The van der Waals surface area contributed by atoms with Crippen LogP contribution in [0.1, 0.15) is 6.42 Å². The van der Waals surface area contributed by atoms with Crippen LogP contribution in [0, 0.1) is 11.3 Å². The normalized spacial score (nSPS) is 10.2. The Labute approximate surface area is 113 Å². The maximum absolute atomic E-state index is 11.2. The van der Waals surface area contributed by atoms with Gasteiger partial charge in [0.25, 0.3) is 0 Å². The van der Waals surface area contributed by atoms with Gasteiger partial charge in [-0.3, -0.25) is 4.79 Å². The Morgan fingerprint density at radius 1 is 1.50 bits per heavy atom. The first-order valence-corrected chi connectivity index (χ1v) is 7.11. The van der Waals surface area contributed by atoms with Crippen molar-refractivity contribution in [3.8, 4) is 6.07 Å². The van der Waals surface area contributed by atoms with Crippen molar-refractivity contribution < 1.29 is 9.53 Å². The quantitative estimate of drug-likeness (QED) is 0.621. The molecule has 0 fully saturated rings. The zero-order valence-electron chi connectivity index (χ0n) is 9.46. The molecular weight excluding hydrogens is 268 g/mol. The first-order chi connectivity index (χ1) is 8.79. The molecule has 2 rings (SSSR count). The number of nitriles is 1. The number of carbonyl (C=O) groups excluding carboxylic acids is 1. The maximum Gasteiger partial charge on any atom is 0.307 e. The van der Waals surface area contributed by atoms with Gasteiger partial charge in [0, 0.05) is 5.75 Å². The fourth-order valence-corrected chi connectivity index (χ4v) is 3.38. The minimum absolute atomic E-state index is 0.176. The molecular formula is C12H10N2O2S2. The van der Waals surface area contributed by atoms with Crippen LogP contribution < -0.4 is 0 Å². The number of thiazole rings is 1. The summed E-state index contributed by atoms with van der Waals surface area (Å²) in [5.41, 5.74) is 0.983. The lowest BCUT2D eigenvalue weighted by Crippen LogP contribution is -2.05. The summed E-state index contributed by atoms with van der Waals surface area (Å²) < 4.78 is 6.75. The lowest BCUT2D eigenvalue weighted by atomic mass is 10.3. The number of aromatic nitrogens is 1. The SMILES string of the molecule is N#CCOC(=O)CCSc1nc2ccccc2s1. The summed E-state index contributed by atoms with van der Waals surface area (Å²) >= 11 is 3.15. The van der Waals surface area contributed by atoms with Gasteiger partial charge in [-0.2, -0.15) is 5.26 Å². The van der Waals surface area contributed by atoms with Crippen molar-refractivity contribution in [2.75, 3.05) is 12.4 Å². The molecule has 92 valence electrons. The molecule has 6 heteroatoms. The summed E-state index contributed by atoms with van der Waals surface area (Å²) in [5, 5.41) is 8.26. The van der Waals surface area contributed by atoms with Crippen molar-refractivity contribution in [2.24, 2.45) is 0 Å². The highest BCUT2D eigenvalue weighted by Crippen LogP contribution is 2.29. The standard InChI is InChI=1S/C12H10N2O2S2/c13-6-7-16-11(15)5-8-17-12-14-9-3-1-2-4-10(9)18-12/h1-4H,5,7-8H2. The van der Waals surface area contributed by atoms with Crippen LogP contribution in [0.4, 0.5) is 0 Å². The van der Waals surface area contributed by atoms with Gasteiger partial charge in [0.2, 0.25) is 0 Å². The van der Waals surface area contributed by atoms with Crippen LogP contribution in [0.5, 0.6) is 0 Å². The van der Waals surface area contributed by atoms with Crippen LogP contribution in [0.2, 0.25) is 0 Å². The van der Waals surface area contributed by atoms with Gasteiger partial charge in [-0.25, -0.2) is 4.98 Å². The molecule has 18 heavy (non-hydrogen) atoms. The number of rotatable bonds is 5. The topological polar surface area (TPSA) is 63.0 Å². The second kappa shape index (κ2) is 6.38. The number of carbonyl (C=O) groups is 1. The molecule has 1 aromatic heterocycles. The molecule has 0 aliphatic heterocycles. The van der Waals surface area contributed by atoms with Gasteiger partial charge in [-0.15, -0.1) is 11.3 Å². The highest BCUT2D eigenvalue weighted by molar-refractivity contribution is 8.01. The smallest absolute Gasteiger partial charge is 0.307 e. The lowest BCUT2D eigenvalue weighted by molar-refractivity contribution is -0.141. The summed E-state index contributed by atoms with van der Waals surface area (Å²) in [5.74, 6) is 0.273. The Balaban J connectivity index is 1.83. The highest BCUT2D eigenvalue weighted by atomic mass is 32.2. The zero-order valence-corrected chi connectivity index (χ0v) is 11.1. The van der Waals surface area contributed by atoms with Gasteiger partial charge >= 0.3 is 5.97 Å². The fourth-order valence-electron chi connectivity index (χ4n) is 1.32. The van der Waals surface area contributed by atoms with E-state index in [2.05, 4.69) is 9.72 Å². The summed E-state index contributed by atoms with van der Waals surface area (Å²) in [4.78, 5) is 15.6. The summed E-state index contributed by atoms with van der Waals surface area (Å²) in [6, 6.07) is 9.69. The van der Waals surface area contributed by atoms with Crippen LogP contribution in [0.15, 0.2) is 28.6 Å². The van der Waals surface area contributed by atoms with E-state index in [1.165, 1.54) is 11.8 Å². The third-order valence-electron chi connectivity index (χ3n) is 2.10. The monoisotopic (exact) mass is 278 g/mol. The largest absolute Gasteiger partial charge is 0.450 e. The summed E-state index contributed by atoms with van der Waals surface area (Å²) in [7, 11) is 0. The number of ether oxygens (including phenoxy) is 1. The first kappa shape index (κ1) is 12.9. The van der Waals surface area contributed by atoms with Gasteiger partial charge in [-0.1, -0.05) is 23.9 Å². The second-order valence-corrected chi connectivity index (χ2v) is 5.74. The van der Waals surface area contributed by atoms with E-state index in [0.29, 0.717) is 12.2 Å². The van der Waals surface area contributed by atoms with Crippen molar-refractivity contribution >= 4 is 39.3 Å². The van der Waals surface area contributed by atoms with E-state index >= 15 is 0 Å². The van der Waals surface area contributed by atoms with Gasteiger partial charge in [0.1, 0.15) is 6.07 Å². The number of para-hydroxylation sites is 1. The Morgan fingerprint density at radius 2 is 2.33 bits per heavy atom. The molecule has 0 amide bonds. The molecule has 0 atom stereocenters. The Hall–Kier alpha value is -1.58. The number of fused-ring (bicyclic) bond motifs is 1. The number of nitrogens with zero attached hydrogens (tertiary/aromatic N) is 2. The number of thioether (sulfide) groups is 1. The fraction of sp³-hybridized carbons (Fsp3) is 0.250. The van der Waals surface area contributed by atoms with Crippen molar-refractivity contribution in [3.63, 3.8) is 0 Å². The Kier molecular flexibility index (Phi) is 4.56. The first-order valence-electron chi connectivity index (χ1n) is 5.30. The Morgan fingerprint density at radius 3 is 3.11 bits per heavy atom. The third kappa shape index (κ3) is 3.45. The molecule has 4 nitrogen and oxygen atoms in total. The molecule has 0 N–H and O–H groups in total. The maximum atomic E-state index is 11.2. The van der Waals surface area contributed by atoms with Gasteiger partial charge in [-0.05, 0) is 12.1 Å². The van der Waals surface area contributed by atoms with E-state index in [1.807, 2.05) is 24.3 Å². The molecule has 1 heterocycles. The molecule has 0 saturated heterocycles. The van der Waals surface area contributed by atoms with Crippen molar-refractivity contribution in [1.82, 2.24) is 4.98 Å². The van der Waals surface area contributed by atoms with Crippen LogP contribution in [0.25, 0.3) is 10.2 Å². The molecule has 0 spiro atoms. The summed E-state index contributed by atoms with van der Waals surface area (Å²) in [6.45, 7) is -0.176. The second-order valence-electron chi connectivity index (χ2n) is 3.36. The number of esters is 1. The zero-order chi connectivity index (χ0) is 12.8. The van der Waals surface area contributed by atoms with Crippen LogP contribution in [0.3, 0.4) is 0 Å².